The predicted molar refractivity (Wildman–Crippen MR) is 128 cm³/mol. The quantitative estimate of drug-likeness (QED) is 0.689. The first-order valence-corrected chi connectivity index (χ1v) is 13.6. The van der Waals surface area contributed by atoms with E-state index in [1.807, 2.05) is 18.5 Å². The molecule has 8 nitrogen and oxygen atoms in total. The molecule has 1 atom stereocenters. The summed E-state index contributed by atoms with van der Waals surface area (Å²) >= 11 is 1.64. The van der Waals surface area contributed by atoms with Crippen LogP contribution >= 0.6 is 11.3 Å². The number of benzene rings is 1. The molecule has 0 aliphatic carbocycles. The van der Waals surface area contributed by atoms with Crippen molar-refractivity contribution in [1.29, 1.82) is 0 Å². The highest BCUT2D eigenvalue weighted by Gasteiger charge is 2.27. The number of anilines is 2. The number of thiazole rings is 1. The molecular weight excluding hydrogens is 446 g/mol. The number of piperidine rings is 1. The number of carbonyl (C=O) groups is 1. The molecule has 0 spiro atoms. The van der Waals surface area contributed by atoms with Gasteiger partial charge in [-0.2, -0.15) is 4.31 Å². The van der Waals surface area contributed by atoms with E-state index in [-0.39, 0.29) is 16.8 Å². The molecule has 32 heavy (non-hydrogen) atoms. The topological polar surface area (TPSA) is 85.8 Å². The number of aromatic nitrogens is 1. The zero-order valence-electron chi connectivity index (χ0n) is 18.4. The molecule has 2 aliphatic heterocycles. The summed E-state index contributed by atoms with van der Waals surface area (Å²) in [4.78, 5) is 22.0. The van der Waals surface area contributed by atoms with Crippen molar-refractivity contribution in [2.75, 3.05) is 49.5 Å². The first-order chi connectivity index (χ1) is 15.4. The number of hydrogen-bond acceptors (Lipinski definition) is 7. The summed E-state index contributed by atoms with van der Waals surface area (Å²) in [6.07, 6.45) is 5.68. The summed E-state index contributed by atoms with van der Waals surface area (Å²) in [6, 6.07) is 6.25. The summed E-state index contributed by atoms with van der Waals surface area (Å²) in [5.74, 6) is -0.0839. The van der Waals surface area contributed by atoms with Gasteiger partial charge in [0, 0.05) is 56.5 Å². The second-order valence-electron chi connectivity index (χ2n) is 8.35. The standard InChI is InChI=1S/C22H31N5O3S2/c1-18(25-11-5-12-26(16-15-25)22-23-10-17-31-22)21(28)24-19-6-8-20(9-7-19)32(29,30)27-13-3-2-4-14-27/h6-10,17-18H,2-5,11-16H2,1H3,(H,24,28). The molecule has 1 aromatic heterocycles. The third kappa shape index (κ3) is 5.31. The maximum Gasteiger partial charge on any atom is 0.243 e. The number of nitrogens with one attached hydrogen (secondary N) is 1. The first kappa shape index (κ1) is 23.2. The zero-order valence-corrected chi connectivity index (χ0v) is 20.1. The van der Waals surface area contributed by atoms with Crippen molar-refractivity contribution in [2.24, 2.45) is 0 Å². The van der Waals surface area contributed by atoms with Gasteiger partial charge in [0.2, 0.25) is 15.9 Å². The van der Waals surface area contributed by atoms with Crippen LogP contribution in [0.1, 0.15) is 32.6 Å². The second kappa shape index (κ2) is 10.3. The monoisotopic (exact) mass is 477 g/mol. The van der Waals surface area contributed by atoms with E-state index in [1.165, 1.54) is 0 Å². The van der Waals surface area contributed by atoms with Gasteiger partial charge in [-0.3, -0.25) is 9.69 Å². The lowest BCUT2D eigenvalue weighted by molar-refractivity contribution is -0.120. The van der Waals surface area contributed by atoms with Gasteiger partial charge >= 0.3 is 0 Å². The van der Waals surface area contributed by atoms with Crippen molar-refractivity contribution in [3.05, 3.63) is 35.8 Å². The Labute approximate surface area is 194 Å². The van der Waals surface area contributed by atoms with Crippen LogP contribution in [0.5, 0.6) is 0 Å². The Hall–Kier alpha value is -2.01. The van der Waals surface area contributed by atoms with Crippen LogP contribution in [0.15, 0.2) is 40.7 Å². The number of amides is 1. The van der Waals surface area contributed by atoms with Crippen LogP contribution in [0, 0.1) is 0 Å². The number of sulfonamides is 1. The molecule has 0 saturated carbocycles. The lowest BCUT2D eigenvalue weighted by Crippen LogP contribution is -2.44. The van der Waals surface area contributed by atoms with Crippen molar-refractivity contribution >= 4 is 38.1 Å². The molecule has 1 aromatic carbocycles. The van der Waals surface area contributed by atoms with E-state index >= 15 is 0 Å². The minimum atomic E-state index is -3.47. The van der Waals surface area contributed by atoms with E-state index in [0.717, 1.165) is 57.0 Å². The van der Waals surface area contributed by atoms with Gasteiger partial charge in [-0.15, -0.1) is 11.3 Å². The van der Waals surface area contributed by atoms with E-state index in [0.29, 0.717) is 18.8 Å². The number of carbonyl (C=O) groups excluding carboxylic acids is 1. The van der Waals surface area contributed by atoms with E-state index in [1.54, 1.807) is 39.9 Å². The minimum absolute atomic E-state index is 0.0839. The highest BCUT2D eigenvalue weighted by molar-refractivity contribution is 7.89. The molecule has 0 radical (unpaired) electrons. The number of rotatable bonds is 6. The molecule has 3 heterocycles. The molecular formula is C22H31N5O3S2. The Balaban J connectivity index is 1.34. The fourth-order valence-electron chi connectivity index (χ4n) is 4.27. The molecule has 174 valence electrons. The maximum absolute atomic E-state index is 12.9. The molecule has 2 aromatic rings. The molecule has 1 amide bonds. The number of nitrogens with zero attached hydrogens (tertiary/aromatic N) is 4. The average molecular weight is 478 g/mol. The maximum atomic E-state index is 12.9. The molecule has 2 aliphatic rings. The molecule has 2 saturated heterocycles. The van der Waals surface area contributed by atoms with Gasteiger partial charge < -0.3 is 10.2 Å². The van der Waals surface area contributed by atoms with Crippen LogP contribution in [0.25, 0.3) is 0 Å². The van der Waals surface area contributed by atoms with Gasteiger partial charge in [-0.05, 0) is 50.5 Å². The van der Waals surface area contributed by atoms with Crippen LogP contribution in [0.3, 0.4) is 0 Å². The van der Waals surface area contributed by atoms with Crippen LogP contribution in [-0.4, -0.2) is 73.8 Å². The van der Waals surface area contributed by atoms with Crippen molar-refractivity contribution < 1.29 is 13.2 Å². The zero-order chi connectivity index (χ0) is 22.6. The van der Waals surface area contributed by atoms with Gasteiger partial charge in [-0.25, -0.2) is 13.4 Å². The first-order valence-electron chi connectivity index (χ1n) is 11.2. The summed E-state index contributed by atoms with van der Waals surface area (Å²) in [5, 5.41) is 5.96. The van der Waals surface area contributed by atoms with E-state index in [4.69, 9.17) is 0 Å². The normalized spacial score (nSPS) is 20.0. The Morgan fingerprint density at radius 2 is 1.75 bits per heavy atom. The van der Waals surface area contributed by atoms with E-state index in [9.17, 15) is 13.2 Å². The van der Waals surface area contributed by atoms with Gasteiger partial charge in [0.15, 0.2) is 5.13 Å². The van der Waals surface area contributed by atoms with Crippen LogP contribution in [0.4, 0.5) is 10.8 Å². The Kier molecular flexibility index (Phi) is 7.44. The Morgan fingerprint density at radius 1 is 1.00 bits per heavy atom. The highest BCUT2D eigenvalue weighted by Crippen LogP contribution is 2.23. The smallest absolute Gasteiger partial charge is 0.243 e. The molecule has 1 N–H and O–H groups in total. The molecule has 1 unspecified atom stereocenters. The van der Waals surface area contributed by atoms with Gasteiger partial charge in [0.1, 0.15) is 0 Å². The second-order valence-corrected chi connectivity index (χ2v) is 11.2. The summed E-state index contributed by atoms with van der Waals surface area (Å²) in [6.45, 7) is 6.50. The third-order valence-electron chi connectivity index (χ3n) is 6.22. The lowest BCUT2D eigenvalue weighted by atomic mass is 10.2. The minimum Gasteiger partial charge on any atom is -0.347 e. The lowest BCUT2D eigenvalue weighted by Gasteiger charge is -2.27. The van der Waals surface area contributed by atoms with Crippen molar-refractivity contribution in [3.63, 3.8) is 0 Å². The summed E-state index contributed by atoms with van der Waals surface area (Å²) < 4.78 is 27.2. The van der Waals surface area contributed by atoms with Crippen LogP contribution < -0.4 is 10.2 Å². The summed E-state index contributed by atoms with van der Waals surface area (Å²) in [5.41, 5.74) is 0.610. The van der Waals surface area contributed by atoms with Gasteiger partial charge in [-0.1, -0.05) is 6.42 Å². The third-order valence-corrected chi connectivity index (χ3v) is 8.97. The fourth-order valence-corrected chi connectivity index (χ4v) is 6.48. The predicted octanol–water partition coefficient (Wildman–Crippen LogP) is 2.86. The van der Waals surface area contributed by atoms with E-state index < -0.39 is 10.0 Å². The van der Waals surface area contributed by atoms with Gasteiger partial charge in [0.25, 0.3) is 0 Å². The highest BCUT2D eigenvalue weighted by atomic mass is 32.2. The Bertz CT molecular complexity index is 989. The average Bonchev–Trinajstić information content (AvgIpc) is 3.24. The molecule has 0 bridgehead atoms. The molecule has 10 heteroatoms. The van der Waals surface area contributed by atoms with Crippen molar-refractivity contribution in [3.8, 4) is 0 Å². The fraction of sp³-hybridized carbons (Fsp3) is 0.545. The van der Waals surface area contributed by atoms with Gasteiger partial charge in [0.05, 0.1) is 10.9 Å². The SMILES string of the molecule is CC(C(=O)Nc1ccc(S(=O)(=O)N2CCCCC2)cc1)N1CCCN(c2nccs2)CC1. The van der Waals surface area contributed by atoms with Crippen molar-refractivity contribution in [2.45, 2.75) is 43.5 Å². The van der Waals surface area contributed by atoms with Crippen LogP contribution in [-0.2, 0) is 14.8 Å². The van der Waals surface area contributed by atoms with E-state index in [2.05, 4.69) is 20.1 Å². The van der Waals surface area contributed by atoms with Crippen LogP contribution in [0.2, 0.25) is 0 Å². The largest absolute Gasteiger partial charge is 0.347 e. The Morgan fingerprint density at radius 3 is 2.44 bits per heavy atom. The molecule has 2 fully saturated rings. The number of hydrogen-bond donors (Lipinski definition) is 1. The molecule has 4 rings (SSSR count). The van der Waals surface area contributed by atoms with Crippen molar-refractivity contribution in [1.82, 2.24) is 14.2 Å². The summed E-state index contributed by atoms with van der Waals surface area (Å²) in [7, 11) is -3.47.